The molecule has 3 heterocycles. The molecule has 0 atom stereocenters. The first-order valence-corrected chi connectivity index (χ1v) is 16.0. The van der Waals surface area contributed by atoms with E-state index in [0.717, 1.165) is 33.5 Å². The molecule has 0 amide bonds. The number of benzene rings is 7. The standard InChI is InChI=1S/C44H27N3/c1-2-10-28(11-3-1)29-18-20-30(21-19-29)31-22-24-32(25-23-31)42-36-14-4-7-15-39(36)45-44(46-42)33-26-37-34-12-5-8-16-40(34)47-41-17-9-6-13-35(41)38(27-33)43(37)47/h1-27H. The van der Waals surface area contributed by atoms with Crippen molar-refractivity contribution in [1.29, 1.82) is 0 Å². The molecule has 0 fully saturated rings. The highest BCUT2D eigenvalue weighted by atomic mass is 14.9. The van der Waals surface area contributed by atoms with Crippen molar-refractivity contribution in [3.8, 4) is 44.9 Å². The summed E-state index contributed by atoms with van der Waals surface area (Å²) < 4.78 is 2.41. The van der Waals surface area contributed by atoms with Crippen molar-refractivity contribution in [3.05, 3.63) is 164 Å². The Labute approximate surface area is 271 Å². The van der Waals surface area contributed by atoms with Gasteiger partial charge in [-0.3, -0.25) is 0 Å². The topological polar surface area (TPSA) is 30.2 Å². The van der Waals surface area contributed by atoms with Crippen molar-refractivity contribution in [2.75, 3.05) is 0 Å². The first-order chi connectivity index (χ1) is 23.3. The van der Waals surface area contributed by atoms with Crippen molar-refractivity contribution < 1.29 is 0 Å². The fourth-order valence-electron chi connectivity index (χ4n) is 7.31. The lowest BCUT2D eigenvalue weighted by Gasteiger charge is -2.11. The van der Waals surface area contributed by atoms with Crippen LogP contribution in [0.15, 0.2) is 164 Å². The Morgan fingerprint density at radius 3 is 1.40 bits per heavy atom. The summed E-state index contributed by atoms with van der Waals surface area (Å²) in [5, 5.41) is 5.99. The highest BCUT2D eigenvalue weighted by molar-refractivity contribution is 6.24. The van der Waals surface area contributed by atoms with Crippen molar-refractivity contribution in [3.63, 3.8) is 0 Å². The summed E-state index contributed by atoms with van der Waals surface area (Å²) in [5.74, 6) is 0.735. The van der Waals surface area contributed by atoms with Gasteiger partial charge in [0.15, 0.2) is 5.82 Å². The third-order valence-electron chi connectivity index (χ3n) is 9.55. The Balaban J connectivity index is 1.11. The molecule has 10 aromatic rings. The summed E-state index contributed by atoms with van der Waals surface area (Å²) in [5.41, 5.74) is 12.5. The molecule has 0 aliphatic carbocycles. The number of hydrogen-bond acceptors (Lipinski definition) is 2. The maximum Gasteiger partial charge on any atom is 0.160 e. The number of rotatable bonds is 4. The van der Waals surface area contributed by atoms with Gasteiger partial charge in [-0.2, -0.15) is 0 Å². The van der Waals surface area contributed by atoms with Crippen LogP contribution in [-0.4, -0.2) is 14.4 Å². The van der Waals surface area contributed by atoms with E-state index in [0.29, 0.717) is 0 Å². The van der Waals surface area contributed by atoms with E-state index in [1.807, 2.05) is 0 Å². The summed E-state index contributed by atoms with van der Waals surface area (Å²) >= 11 is 0. The second-order valence-electron chi connectivity index (χ2n) is 12.2. The molecular formula is C44H27N3. The third kappa shape index (κ3) is 4.00. The highest BCUT2D eigenvalue weighted by Crippen LogP contribution is 2.41. The van der Waals surface area contributed by atoms with Crippen LogP contribution in [0.5, 0.6) is 0 Å². The van der Waals surface area contributed by atoms with E-state index < -0.39 is 0 Å². The zero-order valence-corrected chi connectivity index (χ0v) is 25.4. The summed E-state index contributed by atoms with van der Waals surface area (Å²) in [6, 6.07) is 58.3. The van der Waals surface area contributed by atoms with Crippen molar-refractivity contribution in [2.24, 2.45) is 0 Å². The fraction of sp³-hybridized carbons (Fsp3) is 0. The Kier molecular flexibility index (Phi) is 5.57. The van der Waals surface area contributed by atoms with Crippen LogP contribution >= 0.6 is 0 Å². The second-order valence-corrected chi connectivity index (χ2v) is 12.2. The average molecular weight is 598 g/mol. The van der Waals surface area contributed by atoms with Crippen LogP contribution in [0.3, 0.4) is 0 Å². The molecule has 0 aliphatic heterocycles. The van der Waals surface area contributed by atoms with E-state index in [-0.39, 0.29) is 0 Å². The normalized spacial score (nSPS) is 11.8. The molecule has 218 valence electrons. The molecule has 0 N–H and O–H groups in total. The van der Waals surface area contributed by atoms with Crippen LogP contribution in [-0.2, 0) is 0 Å². The molecule has 10 rings (SSSR count). The number of nitrogens with zero attached hydrogens (tertiary/aromatic N) is 3. The zero-order valence-electron chi connectivity index (χ0n) is 25.4. The van der Waals surface area contributed by atoms with Gasteiger partial charge in [0.05, 0.1) is 27.8 Å². The Bertz CT molecular complexity index is 2670. The second kappa shape index (κ2) is 10.1. The van der Waals surface area contributed by atoms with Gasteiger partial charge >= 0.3 is 0 Å². The summed E-state index contributed by atoms with van der Waals surface area (Å²) in [6.07, 6.45) is 0. The van der Waals surface area contributed by atoms with Crippen LogP contribution in [0.2, 0.25) is 0 Å². The van der Waals surface area contributed by atoms with Crippen LogP contribution in [0, 0.1) is 0 Å². The lowest BCUT2D eigenvalue weighted by Crippen LogP contribution is -1.95. The van der Waals surface area contributed by atoms with Gasteiger partial charge in [-0.25, -0.2) is 9.97 Å². The van der Waals surface area contributed by atoms with E-state index in [1.54, 1.807) is 0 Å². The first kappa shape index (κ1) is 26.0. The molecule has 0 saturated carbocycles. The number of fused-ring (bicyclic) bond motifs is 7. The fourth-order valence-corrected chi connectivity index (χ4v) is 7.31. The van der Waals surface area contributed by atoms with E-state index in [9.17, 15) is 0 Å². The molecule has 0 aliphatic rings. The van der Waals surface area contributed by atoms with Crippen LogP contribution < -0.4 is 0 Å². The predicted molar refractivity (Wildman–Crippen MR) is 196 cm³/mol. The molecular weight excluding hydrogens is 571 g/mol. The minimum Gasteiger partial charge on any atom is -0.308 e. The van der Waals surface area contributed by atoms with Gasteiger partial charge in [-0.05, 0) is 52.6 Å². The Morgan fingerprint density at radius 1 is 0.340 bits per heavy atom. The van der Waals surface area contributed by atoms with E-state index in [4.69, 9.17) is 9.97 Å². The lowest BCUT2D eigenvalue weighted by atomic mass is 9.98. The van der Waals surface area contributed by atoms with E-state index >= 15 is 0 Å². The maximum absolute atomic E-state index is 5.29. The van der Waals surface area contributed by atoms with Gasteiger partial charge in [0.2, 0.25) is 0 Å². The van der Waals surface area contributed by atoms with Gasteiger partial charge in [-0.15, -0.1) is 0 Å². The molecule has 0 unspecified atom stereocenters. The van der Waals surface area contributed by atoms with E-state index in [2.05, 4.69) is 168 Å². The van der Waals surface area contributed by atoms with E-state index in [1.165, 1.54) is 60.3 Å². The minimum absolute atomic E-state index is 0.735. The number of hydrogen-bond donors (Lipinski definition) is 0. The molecule has 7 aromatic carbocycles. The smallest absolute Gasteiger partial charge is 0.160 e. The summed E-state index contributed by atoms with van der Waals surface area (Å²) in [7, 11) is 0. The van der Waals surface area contributed by atoms with Crippen LogP contribution in [0.25, 0.3) is 93.9 Å². The van der Waals surface area contributed by atoms with Gasteiger partial charge in [0.1, 0.15) is 0 Å². The number of para-hydroxylation sites is 3. The number of aromatic nitrogens is 3. The van der Waals surface area contributed by atoms with Gasteiger partial charge < -0.3 is 4.40 Å². The summed E-state index contributed by atoms with van der Waals surface area (Å²) in [6.45, 7) is 0. The largest absolute Gasteiger partial charge is 0.308 e. The van der Waals surface area contributed by atoms with Gasteiger partial charge in [0.25, 0.3) is 0 Å². The van der Waals surface area contributed by atoms with Crippen LogP contribution in [0.4, 0.5) is 0 Å². The Morgan fingerprint density at radius 2 is 0.809 bits per heavy atom. The van der Waals surface area contributed by atoms with Crippen molar-refractivity contribution in [1.82, 2.24) is 14.4 Å². The molecule has 3 nitrogen and oxygen atoms in total. The van der Waals surface area contributed by atoms with Gasteiger partial charge in [0, 0.05) is 38.1 Å². The minimum atomic E-state index is 0.735. The third-order valence-corrected chi connectivity index (χ3v) is 9.55. The van der Waals surface area contributed by atoms with Crippen molar-refractivity contribution >= 4 is 49.0 Å². The molecule has 0 saturated heterocycles. The average Bonchev–Trinajstić information content (AvgIpc) is 3.67. The highest BCUT2D eigenvalue weighted by Gasteiger charge is 2.20. The SMILES string of the molecule is c1ccc(-c2ccc(-c3ccc(-c4nc(-c5cc6c7ccccc7n7c8ccccc8c(c5)c67)nc5ccccc45)cc3)cc2)cc1. The summed E-state index contributed by atoms with van der Waals surface area (Å²) in [4.78, 5) is 10.4. The van der Waals surface area contributed by atoms with Gasteiger partial charge in [-0.1, -0.05) is 133 Å². The monoisotopic (exact) mass is 597 g/mol. The Hall–Kier alpha value is -6.32. The molecule has 3 aromatic heterocycles. The molecule has 0 radical (unpaired) electrons. The maximum atomic E-state index is 5.29. The molecule has 0 spiro atoms. The first-order valence-electron chi connectivity index (χ1n) is 16.0. The van der Waals surface area contributed by atoms with Crippen molar-refractivity contribution in [2.45, 2.75) is 0 Å². The molecule has 0 bridgehead atoms. The molecule has 3 heteroatoms. The predicted octanol–water partition coefficient (Wildman–Crippen LogP) is 11.4. The quantitative estimate of drug-likeness (QED) is 0.202. The zero-order chi connectivity index (χ0) is 30.9. The molecule has 47 heavy (non-hydrogen) atoms. The lowest BCUT2D eigenvalue weighted by molar-refractivity contribution is 1.23. The van der Waals surface area contributed by atoms with Crippen LogP contribution in [0.1, 0.15) is 0 Å².